The lowest BCUT2D eigenvalue weighted by molar-refractivity contribution is -0.384. The average molecular weight is 356 g/mol. The third-order valence-electron chi connectivity index (χ3n) is 4.00. The predicted molar refractivity (Wildman–Crippen MR) is 97.2 cm³/mol. The van der Waals surface area contributed by atoms with Crippen LogP contribution in [-0.4, -0.2) is 23.4 Å². The number of nitro groups is 1. The van der Waals surface area contributed by atoms with Crippen LogP contribution in [0.1, 0.15) is 42.1 Å². The Balaban J connectivity index is 1.89. The van der Waals surface area contributed by atoms with E-state index in [9.17, 15) is 19.7 Å². The first-order valence-corrected chi connectivity index (χ1v) is 8.22. The number of benzene rings is 2. The standard InChI is InChI=1S/C19H20N2O5/c1-3-13(2)14-7-9-16(10-8-14)20-18(22)12-26-19(23)15-5-4-6-17(11-15)21(24)25/h4-11,13H,3,12H2,1-2H3,(H,20,22)/t13-/m1/s1. The molecule has 7 nitrogen and oxygen atoms in total. The highest BCUT2D eigenvalue weighted by Gasteiger charge is 2.14. The number of nitro benzene ring substituents is 1. The maximum atomic E-state index is 11.9. The van der Waals surface area contributed by atoms with E-state index in [1.165, 1.54) is 23.8 Å². The van der Waals surface area contributed by atoms with E-state index in [2.05, 4.69) is 19.2 Å². The number of nitrogens with zero attached hydrogens (tertiary/aromatic N) is 1. The maximum absolute atomic E-state index is 11.9. The molecule has 0 radical (unpaired) electrons. The molecule has 1 N–H and O–H groups in total. The van der Waals surface area contributed by atoms with Gasteiger partial charge in [-0.15, -0.1) is 0 Å². The fourth-order valence-electron chi connectivity index (χ4n) is 2.29. The highest BCUT2D eigenvalue weighted by molar-refractivity contribution is 5.95. The summed E-state index contributed by atoms with van der Waals surface area (Å²) in [5.74, 6) is -0.841. The van der Waals surface area contributed by atoms with Gasteiger partial charge < -0.3 is 10.1 Å². The van der Waals surface area contributed by atoms with Crippen molar-refractivity contribution in [3.8, 4) is 0 Å². The third kappa shape index (κ3) is 5.14. The minimum atomic E-state index is -0.795. The molecule has 2 aromatic rings. The molecule has 1 atom stereocenters. The van der Waals surface area contributed by atoms with Gasteiger partial charge in [0, 0.05) is 17.8 Å². The second kappa shape index (κ2) is 8.75. The van der Waals surface area contributed by atoms with Gasteiger partial charge in [0.1, 0.15) is 0 Å². The zero-order valence-corrected chi connectivity index (χ0v) is 14.6. The molecule has 7 heteroatoms. The van der Waals surface area contributed by atoms with E-state index in [-0.39, 0.29) is 11.3 Å². The number of carbonyl (C=O) groups is 2. The van der Waals surface area contributed by atoms with Crippen LogP contribution in [-0.2, 0) is 9.53 Å². The normalized spacial score (nSPS) is 11.5. The minimum Gasteiger partial charge on any atom is -0.452 e. The molecule has 26 heavy (non-hydrogen) atoms. The summed E-state index contributed by atoms with van der Waals surface area (Å²) in [6, 6.07) is 12.6. The van der Waals surface area contributed by atoms with E-state index < -0.39 is 23.4 Å². The summed E-state index contributed by atoms with van der Waals surface area (Å²) in [6.07, 6.45) is 1.03. The molecule has 0 saturated carbocycles. The Labute approximate surface area is 151 Å². The number of hydrogen-bond acceptors (Lipinski definition) is 5. The molecule has 0 aliphatic rings. The van der Waals surface area contributed by atoms with Gasteiger partial charge in [-0.25, -0.2) is 4.79 Å². The average Bonchev–Trinajstić information content (AvgIpc) is 2.66. The van der Waals surface area contributed by atoms with Gasteiger partial charge >= 0.3 is 5.97 Å². The van der Waals surface area contributed by atoms with Crippen LogP contribution in [0.2, 0.25) is 0 Å². The van der Waals surface area contributed by atoms with Crippen molar-refractivity contribution in [2.45, 2.75) is 26.2 Å². The number of nitrogens with one attached hydrogen (secondary N) is 1. The summed E-state index contributed by atoms with van der Waals surface area (Å²) < 4.78 is 4.90. The molecule has 0 aliphatic heterocycles. The van der Waals surface area contributed by atoms with Gasteiger partial charge in [-0.05, 0) is 36.1 Å². The summed E-state index contributed by atoms with van der Waals surface area (Å²) in [5, 5.41) is 13.4. The molecular weight excluding hydrogens is 336 g/mol. The van der Waals surface area contributed by atoms with Crippen molar-refractivity contribution < 1.29 is 19.2 Å². The molecule has 0 saturated heterocycles. The number of non-ortho nitro benzene ring substituents is 1. The first-order chi connectivity index (χ1) is 12.4. The van der Waals surface area contributed by atoms with Crippen molar-refractivity contribution >= 4 is 23.3 Å². The van der Waals surface area contributed by atoms with E-state index in [0.717, 1.165) is 12.5 Å². The van der Waals surface area contributed by atoms with Crippen molar-refractivity contribution in [1.29, 1.82) is 0 Å². The second-order valence-corrected chi connectivity index (χ2v) is 5.86. The molecule has 1 amide bonds. The quantitative estimate of drug-likeness (QED) is 0.461. The number of esters is 1. The van der Waals surface area contributed by atoms with Crippen LogP contribution in [0.5, 0.6) is 0 Å². The van der Waals surface area contributed by atoms with Crippen molar-refractivity contribution in [1.82, 2.24) is 0 Å². The number of ether oxygens (including phenoxy) is 1. The Kier molecular flexibility index (Phi) is 6.43. The fourth-order valence-corrected chi connectivity index (χ4v) is 2.29. The molecule has 0 aromatic heterocycles. The molecule has 0 fully saturated rings. The topological polar surface area (TPSA) is 98.5 Å². The Morgan fingerprint density at radius 3 is 2.50 bits per heavy atom. The molecular formula is C19H20N2O5. The van der Waals surface area contributed by atoms with Gasteiger partial charge in [0.05, 0.1) is 10.5 Å². The van der Waals surface area contributed by atoms with Gasteiger partial charge in [0.25, 0.3) is 11.6 Å². The van der Waals surface area contributed by atoms with Crippen LogP contribution in [0, 0.1) is 10.1 Å². The van der Waals surface area contributed by atoms with Crippen molar-refractivity contribution in [2.75, 3.05) is 11.9 Å². The summed E-state index contributed by atoms with van der Waals surface area (Å²) >= 11 is 0. The Morgan fingerprint density at radius 1 is 1.19 bits per heavy atom. The number of carbonyl (C=O) groups excluding carboxylic acids is 2. The Morgan fingerprint density at radius 2 is 1.88 bits per heavy atom. The number of rotatable bonds is 7. The van der Waals surface area contributed by atoms with Crippen molar-refractivity contribution in [3.05, 3.63) is 69.8 Å². The van der Waals surface area contributed by atoms with Gasteiger partial charge in [-0.1, -0.05) is 32.0 Å². The Bertz CT molecular complexity index is 802. The first-order valence-electron chi connectivity index (χ1n) is 8.22. The second-order valence-electron chi connectivity index (χ2n) is 5.86. The van der Waals surface area contributed by atoms with E-state index in [0.29, 0.717) is 11.6 Å². The molecule has 136 valence electrons. The highest BCUT2D eigenvalue weighted by Crippen LogP contribution is 2.20. The number of anilines is 1. The van der Waals surface area contributed by atoms with Crippen LogP contribution >= 0.6 is 0 Å². The smallest absolute Gasteiger partial charge is 0.338 e. The highest BCUT2D eigenvalue weighted by atomic mass is 16.6. The number of hydrogen-bond donors (Lipinski definition) is 1. The Hall–Kier alpha value is -3.22. The first kappa shape index (κ1) is 19.1. The van der Waals surface area contributed by atoms with Gasteiger partial charge in [0.2, 0.25) is 0 Å². The van der Waals surface area contributed by atoms with E-state index in [1.54, 1.807) is 12.1 Å². The van der Waals surface area contributed by atoms with E-state index in [1.807, 2.05) is 12.1 Å². The molecule has 0 spiro atoms. The van der Waals surface area contributed by atoms with Crippen molar-refractivity contribution in [3.63, 3.8) is 0 Å². The molecule has 2 aromatic carbocycles. The molecule has 2 rings (SSSR count). The SMILES string of the molecule is CC[C@@H](C)c1ccc(NC(=O)COC(=O)c2cccc([N+](=O)[O-])c2)cc1. The van der Waals surface area contributed by atoms with Gasteiger partial charge in [-0.2, -0.15) is 0 Å². The lowest BCUT2D eigenvalue weighted by atomic mass is 9.99. The summed E-state index contributed by atoms with van der Waals surface area (Å²) in [6.45, 7) is 3.76. The third-order valence-corrected chi connectivity index (χ3v) is 4.00. The van der Waals surface area contributed by atoms with E-state index >= 15 is 0 Å². The molecule has 0 bridgehead atoms. The van der Waals surface area contributed by atoms with Crippen LogP contribution < -0.4 is 5.32 Å². The predicted octanol–water partition coefficient (Wildman–Crippen LogP) is 3.90. The molecule has 0 aliphatic carbocycles. The zero-order chi connectivity index (χ0) is 19.1. The van der Waals surface area contributed by atoms with Gasteiger partial charge in [-0.3, -0.25) is 14.9 Å². The zero-order valence-electron chi connectivity index (χ0n) is 14.6. The largest absolute Gasteiger partial charge is 0.452 e. The van der Waals surface area contributed by atoms with E-state index in [4.69, 9.17) is 4.74 Å². The van der Waals surface area contributed by atoms with Gasteiger partial charge in [0.15, 0.2) is 6.61 Å². The summed E-state index contributed by atoms with van der Waals surface area (Å²) in [7, 11) is 0. The maximum Gasteiger partial charge on any atom is 0.338 e. The monoisotopic (exact) mass is 356 g/mol. The molecule has 0 heterocycles. The number of amides is 1. The summed E-state index contributed by atoms with van der Waals surface area (Å²) in [5.41, 5.74) is 1.59. The van der Waals surface area contributed by atoms with Crippen molar-refractivity contribution in [2.24, 2.45) is 0 Å². The lowest BCUT2D eigenvalue weighted by Crippen LogP contribution is -2.21. The molecule has 0 unspecified atom stereocenters. The fraction of sp³-hybridized carbons (Fsp3) is 0.263. The minimum absolute atomic E-state index is 0.0184. The van der Waals surface area contributed by atoms with Crippen LogP contribution in [0.4, 0.5) is 11.4 Å². The summed E-state index contributed by atoms with van der Waals surface area (Å²) in [4.78, 5) is 33.9. The van der Waals surface area contributed by atoms with Crippen LogP contribution in [0.15, 0.2) is 48.5 Å². The lowest BCUT2D eigenvalue weighted by Gasteiger charge is -2.10. The van der Waals surface area contributed by atoms with Crippen LogP contribution in [0.25, 0.3) is 0 Å². The van der Waals surface area contributed by atoms with Crippen LogP contribution in [0.3, 0.4) is 0 Å².